The Balaban J connectivity index is 1.64. The van der Waals surface area contributed by atoms with Gasteiger partial charge in [-0.05, 0) is 62.6 Å². The van der Waals surface area contributed by atoms with Gasteiger partial charge in [-0.1, -0.05) is 23.7 Å². The number of hydrogen-bond donors (Lipinski definition) is 1. The van der Waals surface area contributed by atoms with Gasteiger partial charge in [0, 0.05) is 23.2 Å². The number of carbonyl (C=O) groups excluding carboxylic acids is 3. The van der Waals surface area contributed by atoms with Crippen LogP contribution in [0.5, 0.6) is 0 Å². The van der Waals surface area contributed by atoms with Gasteiger partial charge in [-0.2, -0.15) is 0 Å². The summed E-state index contributed by atoms with van der Waals surface area (Å²) in [7, 11) is 0. The fourth-order valence-electron chi connectivity index (χ4n) is 3.32. The SMILES string of the molecule is C[C@@H]1CCCCN1C(=O)COC(=O)c1ccccc1NC(=O)c1ccc(Cl)cc1. The van der Waals surface area contributed by atoms with Crippen molar-refractivity contribution in [2.24, 2.45) is 0 Å². The normalized spacial score (nSPS) is 16.2. The molecule has 0 bridgehead atoms. The van der Waals surface area contributed by atoms with Crippen molar-refractivity contribution in [2.45, 2.75) is 32.2 Å². The van der Waals surface area contributed by atoms with Crippen LogP contribution >= 0.6 is 11.6 Å². The van der Waals surface area contributed by atoms with Crippen molar-refractivity contribution in [3.63, 3.8) is 0 Å². The summed E-state index contributed by atoms with van der Waals surface area (Å²) in [6.45, 7) is 2.37. The van der Waals surface area contributed by atoms with E-state index in [-0.39, 0.29) is 30.0 Å². The maximum absolute atomic E-state index is 12.5. The summed E-state index contributed by atoms with van der Waals surface area (Å²) >= 11 is 5.84. The molecule has 0 spiro atoms. The third kappa shape index (κ3) is 5.35. The summed E-state index contributed by atoms with van der Waals surface area (Å²) in [5.74, 6) is -1.23. The molecule has 1 atom stereocenters. The summed E-state index contributed by atoms with van der Waals surface area (Å²) in [6, 6.07) is 13.1. The molecule has 1 fully saturated rings. The number of nitrogens with one attached hydrogen (secondary N) is 1. The van der Waals surface area contributed by atoms with Crippen molar-refractivity contribution in [3.8, 4) is 0 Å². The minimum Gasteiger partial charge on any atom is -0.452 e. The number of anilines is 1. The monoisotopic (exact) mass is 414 g/mol. The number of amides is 2. The van der Waals surface area contributed by atoms with Crippen LogP contribution in [0.2, 0.25) is 5.02 Å². The van der Waals surface area contributed by atoms with Crippen LogP contribution in [0.25, 0.3) is 0 Å². The molecule has 1 aliphatic heterocycles. The van der Waals surface area contributed by atoms with Crippen LogP contribution in [0.15, 0.2) is 48.5 Å². The maximum atomic E-state index is 12.5. The molecular weight excluding hydrogens is 392 g/mol. The Kier molecular flexibility index (Phi) is 6.88. The molecule has 1 N–H and O–H groups in total. The molecule has 0 radical (unpaired) electrons. The van der Waals surface area contributed by atoms with Crippen molar-refractivity contribution in [1.29, 1.82) is 0 Å². The summed E-state index contributed by atoms with van der Waals surface area (Å²) in [6.07, 6.45) is 3.02. The maximum Gasteiger partial charge on any atom is 0.340 e. The lowest BCUT2D eigenvalue weighted by Gasteiger charge is -2.33. The van der Waals surface area contributed by atoms with E-state index in [9.17, 15) is 14.4 Å². The number of hydrogen-bond acceptors (Lipinski definition) is 4. The standard InChI is InChI=1S/C22H23ClN2O4/c1-15-6-4-5-13-25(15)20(26)14-29-22(28)18-7-2-3-8-19(18)24-21(27)16-9-11-17(23)12-10-16/h2-3,7-12,15H,4-6,13-14H2,1H3,(H,24,27)/t15-/m1/s1. The van der Waals surface area contributed by atoms with E-state index >= 15 is 0 Å². The Hall–Kier alpha value is -2.86. The van der Waals surface area contributed by atoms with Crippen molar-refractivity contribution >= 4 is 35.1 Å². The summed E-state index contributed by atoms with van der Waals surface area (Å²) < 4.78 is 5.24. The number of rotatable bonds is 5. The number of piperidine rings is 1. The van der Waals surface area contributed by atoms with Gasteiger partial charge in [0.2, 0.25) is 0 Å². The van der Waals surface area contributed by atoms with E-state index in [2.05, 4.69) is 5.32 Å². The third-order valence-corrected chi connectivity index (χ3v) is 5.20. The smallest absolute Gasteiger partial charge is 0.340 e. The number of ether oxygens (including phenoxy) is 1. The zero-order valence-electron chi connectivity index (χ0n) is 16.2. The van der Waals surface area contributed by atoms with Crippen LogP contribution in [0.3, 0.4) is 0 Å². The summed E-state index contributed by atoms with van der Waals surface area (Å²) in [5.41, 5.74) is 0.914. The molecule has 2 aromatic carbocycles. The van der Waals surface area contributed by atoms with Crippen molar-refractivity contribution < 1.29 is 19.1 Å². The largest absolute Gasteiger partial charge is 0.452 e. The number of likely N-dealkylation sites (tertiary alicyclic amines) is 1. The fraction of sp³-hybridized carbons (Fsp3) is 0.318. The van der Waals surface area contributed by atoms with Crippen LogP contribution in [-0.2, 0) is 9.53 Å². The molecule has 2 aromatic rings. The van der Waals surface area contributed by atoms with Gasteiger partial charge in [0.15, 0.2) is 6.61 Å². The van der Waals surface area contributed by atoms with Crippen molar-refractivity contribution in [2.75, 3.05) is 18.5 Å². The molecule has 152 valence electrons. The van der Waals surface area contributed by atoms with E-state index in [0.29, 0.717) is 22.8 Å². The summed E-state index contributed by atoms with van der Waals surface area (Å²) in [4.78, 5) is 39.1. The van der Waals surface area contributed by atoms with E-state index in [1.165, 1.54) is 0 Å². The van der Waals surface area contributed by atoms with E-state index in [4.69, 9.17) is 16.3 Å². The Morgan fingerprint density at radius 2 is 1.83 bits per heavy atom. The van der Waals surface area contributed by atoms with E-state index < -0.39 is 5.97 Å². The quantitative estimate of drug-likeness (QED) is 0.745. The molecule has 0 aliphatic carbocycles. The topological polar surface area (TPSA) is 75.7 Å². The van der Waals surface area contributed by atoms with Crippen LogP contribution in [0, 0.1) is 0 Å². The van der Waals surface area contributed by atoms with Crippen LogP contribution in [0.1, 0.15) is 46.9 Å². The Morgan fingerprint density at radius 3 is 2.55 bits per heavy atom. The second-order valence-electron chi connectivity index (χ2n) is 7.01. The highest BCUT2D eigenvalue weighted by Crippen LogP contribution is 2.19. The average molecular weight is 415 g/mol. The molecule has 7 heteroatoms. The molecule has 2 amide bonds. The number of esters is 1. The first-order valence-electron chi connectivity index (χ1n) is 9.58. The zero-order chi connectivity index (χ0) is 20.8. The predicted molar refractivity (Wildman–Crippen MR) is 111 cm³/mol. The Bertz CT molecular complexity index is 898. The van der Waals surface area contributed by atoms with Crippen LogP contribution in [0.4, 0.5) is 5.69 Å². The molecule has 29 heavy (non-hydrogen) atoms. The van der Waals surface area contributed by atoms with Gasteiger partial charge in [-0.25, -0.2) is 4.79 Å². The van der Waals surface area contributed by atoms with Gasteiger partial charge in [0.05, 0.1) is 11.3 Å². The minimum absolute atomic E-state index is 0.154. The zero-order valence-corrected chi connectivity index (χ0v) is 16.9. The van der Waals surface area contributed by atoms with E-state index in [1.807, 2.05) is 6.92 Å². The van der Waals surface area contributed by atoms with Gasteiger partial charge in [-0.3, -0.25) is 9.59 Å². The lowest BCUT2D eigenvalue weighted by Crippen LogP contribution is -2.44. The molecule has 1 saturated heterocycles. The molecule has 6 nitrogen and oxygen atoms in total. The van der Waals surface area contributed by atoms with Gasteiger partial charge in [0.1, 0.15) is 0 Å². The van der Waals surface area contributed by atoms with Crippen LogP contribution in [-0.4, -0.2) is 41.9 Å². The first-order valence-corrected chi connectivity index (χ1v) is 9.96. The highest BCUT2D eigenvalue weighted by molar-refractivity contribution is 6.30. The molecule has 1 aliphatic rings. The molecule has 0 unspecified atom stereocenters. The van der Waals surface area contributed by atoms with Gasteiger partial charge in [0.25, 0.3) is 11.8 Å². The van der Waals surface area contributed by atoms with E-state index in [0.717, 1.165) is 19.3 Å². The number of carbonyl (C=O) groups is 3. The number of para-hydroxylation sites is 1. The number of nitrogens with zero attached hydrogens (tertiary/aromatic N) is 1. The molecule has 0 saturated carbocycles. The van der Waals surface area contributed by atoms with Crippen LogP contribution < -0.4 is 5.32 Å². The minimum atomic E-state index is -0.657. The van der Waals surface area contributed by atoms with Gasteiger partial charge in [-0.15, -0.1) is 0 Å². The average Bonchev–Trinajstić information content (AvgIpc) is 2.73. The first kappa shape index (κ1) is 20.9. The lowest BCUT2D eigenvalue weighted by molar-refractivity contribution is -0.137. The third-order valence-electron chi connectivity index (χ3n) is 4.95. The molecule has 1 heterocycles. The van der Waals surface area contributed by atoms with Gasteiger partial charge < -0.3 is 15.0 Å². The lowest BCUT2D eigenvalue weighted by atomic mass is 10.0. The van der Waals surface area contributed by atoms with Gasteiger partial charge >= 0.3 is 5.97 Å². The number of benzene rings is 2. The fourth-order valence-corrected chi connectivity index (χ4v) is 3.45. The predicted octanol–water partition coefficient (Wildman–Crippen LogP) is 4.15. The van der Waals surface area contributed by atoms with E-state index in [1.54, 1.807) is 53.4 Å². The summed E-state index contributed by atoms with van der Waals surface area (Å²) in [5, 5.41) is 3.23. The second kappa shape index (κ2) is 9.56. The second-order valence-corrected chi connectivity index (χ2v) is 7.45. The van der Waals surface area contributed by atoms with Crippen molar-refractivity contribution in [1.82, 2.24) is 4.90 Å². The molecular formula is C22H23ClN2O4. The Morgan fingerprint density at radius 1 is 1.10 bits per heavy atom. The highest BCUT2D eigenvalue weighted by atomic mass is 35.5. The van der Waals surface area contributed by atoms with Crippen molar-refractivity contribution in [3.05, 3.63) is 64.7 Å². The molecule has 0 aromatic heterocycles. The Labute approximate surface area is 174 Å². The molecule has 3 rings (SSSR count). The first-order chi connectivity index (χ1) is 14.0. The highest BCUT2D eigenvalue weighted by Gasteiger charge is 2.24. The number of halogens is 1.